The summed E-state index contributed by atoms with van der Waals surface area (Å²) in [4.78, 5) is 25.8. The minimum absolute atomic E-state index is 0.0568. The Bertz CT molecular complexity index is 861. The van der Waals surface area contributed by atoms with E-state index in [1.165, 1.54) is 19.8 Å². The Hall–Kier alpha value is -1.41. The lowest BCUT2D eigenvalue weighted by Gasteiger charge is -2.17. The number of rotatable bonds is 5. The van der Waals surface area contributed by atoms with Crippen molar-refractivity contribution in [2.45, 2.75) is 69.2 Å². The average Bonchev–Trinajstić information content (AvgIpc) is 2.87. The molecule has 28 heavy (non-hydrogen) atoms. The molecule has 2 aliphatic rings. The first-order valence-corrected chi connectivity index (χ1v) is 12.3. The molecule has 154 valence electrons. The largest absolute Gasteiger partial charge is 0.353 e. The van der Waals surface area contributed by atoms with Gasteiger partial charge in [0.2, 0.25) is 11.8 Å². The molecule has 8 heteroatoms. The van der Waals surface area contributed by atoms with Gasteiger partial charge in [-0.1, -0.05) is 25.7 Å². The molecule has 1 heterocycles. The number of fused-ring (bicyclic) bond motifs is 1. The number of halogens is 1. The predicted octanol–water partition coefficient (Wildman–Crippen LogP) is 3.36. The molecule has 6 nitrogen and oxygen atoms in total. The summed E-state index contributed by atoms with van der Waals surface area (Å²) in [7, 11) is -3.65. The minimum Gasteiger partial charge on any atom is -0.353 e. The minimum atomic E-state index is -3.65. The summed E-state index contributed by atoms with van der Waals surface area (Å²) in [6.45, 7) is 2.04. The number of amides is 2. The summed E-state index contributed by atoms with van der Waals surface area (Å²) in [5.74, 6) is -0.562. The van der Waals surface area contributed by atoms with Crippen molar-refractivity contribution in [2.24, 2.45) is 0 Å². The fourth-order valence-electron chi connectivity index (χ4n) is 4.01. The van der Waals surface area contributed by atoms with Crippen LogP contribution >= 0.6 is 15.9 Å². The number of hydrogen-bond acceptors (Lipinski definition) is 4. The second-order valence-corrected chi connectivity index (χ2v) is 10.6. The summed E-state index contributed by atoms with van der Waals surface area (Å²) in [5.41, 5.74) is 1.60. The van der Waals surface area contributed by atoms with Crippen LogP contribution in [0, 0.1) is 0 Å². The highest BCUT2D eigenvalue weighted by Crippen LogP contribution is 2.36. The van der Waals surface area contributed by atoms with Gasteiger partial charge in [-0.15, -0.1) is 0 Å². The first-order chi connectivity index (χ1) is 13.3. The Morgan fingerprint density at radius 3 is 2.50 bits per heavy atom. The van der Waals surface area contributed by atoms with Crippen molar-refractivity contribution >= 4 is 43.3 Å². The first kappa shape index (κ1) is 21.3. The summed E-state index contributed by atoms with van der Waals surface area (Å²) in [6.07, 6.45) is 7.20. The van der Waals surface area contributed by atoms with Gasteiger partial charge in [0.05, 0.1) is 10.6 Å². The van der Waals surface area contributed by atoms with Gasteiger partial charge < -0.3 is 10.2 Å². The number of nitrogens with one attached hydrogen (secondary N) is 1. The molecular weight excluding hydrogens is 444 g/mol. The highest BCUT2D eigenvalue weighted by Gasteiger charge is 2.28. The average molecular weight is 471 g/mol. The van der Waals surface area contributed by atoms with E-state index >= 15 is 0 Å². The highest BCUT2D eigenvalue weighted by molar-refractivity contribution is 9.10. The molecule has 3 rings (SSSR count). The zero-order valence-corrected chi connectivity index (χ0v) is 18.6. The molecule has 0 bridgehead atoms. The number of carbonyl (C=O) groups excluding carboxylic acids is 2. The Balaban J connectivity index is 1.68. The van der Waals surface area contributed by atoms with Crippen molar-refractivity contribution in [1.29, 1.82) is 0 Å². The van der Waals surface area contributed by atoms with Crippen LogP contribution in [-0.2, 0) is 25.8 Å². The first-order valence-electron chi connectivity index (χ1n) is 9.90. The Morgan fingerprint density at radius 1 is 1.18 bits per heavy atom. The molecule has 1 aliphatic heterocycles. The van der Waals surface area contributed by atoms with Gasteiger partial charge in [-0.3, -0.25) is 9.59 Å². The SMILES string of the molecule is CC(=O)N1CCc2cc(Br)c(S(=O)(=O)CCC(=O)NC3CCCCCC3)cc21. The maximum Gasteiger partial charge on any atom is 0.223 e. The standard InChI is InChI=1S/C20H27BrN2O4S/c1-14(24)23-10-8-15-12-17(21)19(13-18(15)23)28(26,27)11-9-20(25)22-16-6-4-2-3-5-7-16/h12-13,16H,2-11H2,1H3,(H,22,25). The van der Waals surface area contributed by atoms with Crippen LogP contribution in [0.5, 0.6) is 0 Å². The lowest BCUT2D eigenvalue weighted by molar-refractivity contribution is -0.121. The van der Waals surface area contributed by atoms with Gasteiger partial charge in [0, 0.05) is 36.1 Å². The predicted molar refractivity (Wildman–Crippen MR) is 112 cm³/mol. The molecule has 1 fully saturated rings. The molecular formula is C20H27BrN2O4S. The van der Waals surface area contributed by atoms with Crippen molar-refractivity contribution in [3.05, 3.63) is 22.2 Å². The van der Waals surface area contributed by atoms with Crippen LogP contribution in [-0.4, -0.2) is 38.6 Å². The van der Waals surface area contributed by atoms with Crippen molar-refractivity contribution < 1.29 is 18.0 Å². The fraction of sp³-hybridized carbons (Fsp3) is 0.600. The van der Waals surface area contributed by atoms with Gasteiger partial charge in [0.15, 0.2) is 9.84 Å². The van der Waals surface area contributed by atoms with Gasteiger partial charge in [0.25, 0.3) is 0 Å². The second kappa shape index (κ2) is 8.95. The van der Waals surface area contributed by atoms with E-state index in [0.29, 0.717) is 23.1 Å². The second-order valence-electron chi connectivity index (χ2n) is 7.66. The Morgan fingerprint density at radius 2 is 1.86 bits per heavy atom. The Kier molecular flexibility index (Phi) is 6.81. The molecule has 0 unspecified atom stereocenters. The van der Waals surface area contributed by atoms with E-state index in [4.69, 9.17) is 0 Å². The van der Waals surface area contributed by atoms with E-state index in [1.54, 1.807) is 17.0 Å². The third-order valence-corrected chi connectivity index (χ3v) is 8.23. The number of sulfone groups is 1. The van der Waals surface area contributed by atoms with Crippen LogP contribution in [0.15, 0.2) is 21.5 Å². The summed E-state index contributed by atoms with van der Waals surface area (Å²) >= 11 is 3.35. The van der Waals surface area contributed by atoms with Gasteiger partial charge >= 0.3 is 0 Å². The van der Waals surface area contributed by atoms with Crippen LogP contribution in [0.2, 0.25) is 0 Å². The number of hydrogen-bond donors (Lipinski definition) is 1. The molecule has 1 aliphatic carbocycles. The van der Waals surface area contributed by atoms with E-state index in [2.05, 4.69) is 21.2 Å². The third-order valence-electron chi connectivity index (χ3n) is 5.56. The van der Waals surface area contributed by atoms with Gasteiger partial charge in [0.1, 0.15) is 0 Å². The molecule has 0 radical (unpaired) electrons. The molecule has 1 aromatic carbocycles. The fourth-order valence-corrected chi connectivity index (χ4v) is 6.47. The van der Waals surface area contributed by atoms with Crippen LogP contribution in [0.1, 0.15) is 57.4 Å². The van der Waals surface area contributed by atoms with E-state index in [0.717, 1.165) is 31.2 Å². The van der Waals surface area contributed by atoms with Crippen LogP contribution in [0.3, 0.4) is 0 Å². The van der Waals surface area contributed by atoms with E-state index in [1.807, 2.05) is 0 Å². The number of nitrogens with zero attached hydrogens (tertiary/aromatic N) is 1. The summed E-state index contributed by atoms with van der Waals surface area (Å²) in [5, 5.41) is 2.99. The van der Waals surface area contributed by atoms with E-state index in [-0.39, 0.29) is 34.9 Å². The van der Waals surface area contributed by atoms with E-state index < -0.39 is 9.84 Å². The van der Waals surface area contributed by atoms with Crippen molar-refractivity contribution in [2.75, 3.05) is 17.2 Å². The number of benzene rings is 1. The third kappa shape index (κ3) is 4.95. The lowest BCUT2D eigenvalue weighted by atomic mass is 10.1. The molecule has 1 aromatic rings. The zero-order valence-electron chi connectivity index (χ0n) is 16.2. The Labute approximate surface area is 175 Å². The zero-order chi connectivity index (χ0) is 20.3. The quantitative estimate of drug-likeness (QED) is 0.668. The van der Waals surface area contributed by atoms with E-state index in [9.17, 15) is 18.0 Å². The van der Waals surface area contributed by atoms with Gasteiger partial charge in [-0.05, 0) is 52.9 Å². The lowest BCUT2D eigenvalue weighted by Crippen LogP contribution is -2.35. The van der Waals surface area contributed by atoms with Crippen molar-refractivity contribution in [3.8, 4) is 0 Å². The molecule has 0 aromatic heterocycles. The molecule has 0 spiro atoms. The molecule has 2 amide bonds. The number of carbonyl (C=O) groups is 2. The number of anilines is 1. The highest BCUT2D eigenvalue weighted by atomic mass is 79.9. The maximum absolute atomic E-state index is 12.9. The molecule has 1 N–H and O–H groups in total. The monoisotopic (exact) mass is 470 g/mol. The van der Waals surface area contributed by atoms with Crippen LogP contribution < -0.4 is 10.2 Å². The smallest absolute Gasteiger partial charge is 0.223 e. The van der Waals surface area contributed by atoms with Gasteiger partial charge in [-0.2, -0.15) is 0 Å². The summed E-state index contributed by atoms with van der Waals surface area (Å²) < 4.78 is 26.2. The normalized spacial score (nSPS) is 17.9. The topological polar surface area (TPSA) is 83.6 Å². The van der Waals surface area contributed by atoms with Crippen molar-refractivity contribution in [3.63, 3.8) is 0 Å². The summed E-state index contributed by atoms with van der Waals surface area (Å²) in [6, 6.07) is 3.50. The van der Waals surface area contributed by atoms with Crippen LogP contribution in [0.4, 0.5) is 5.69 Å². The maximum atomic E-state index is 12.9. The molecule has 1 saturated carbocycles. The molecule has 0 saturated heterocycles. The van der Waals surface area contributed by atoms with Crippen LogP contribution in [0.25, 0.3) is 0 Å². The molecule has 0 atom stereocenters. The van der Waals surface area contributed by atoms with Crippen molar-refractivity contribution in [1.82, 2.24) is 5.32 Å². The van der Waals surface area contributed by atoms with Gasteiger partial charge in [-0.25, -0.2) is 8.42 Å².